The lowest BCUT2D eigenvalue weighted by atomic mass is 9.99. The average Bonchev–Trinajstić information content (AvgIpc) is 2.83. The van der Waals surface area contributed by atoms with E-state index in [-0.39, 0.29) is 42.3 Å². The van der Waals surface area contributed by atoms with Crippen LogP contribution in [0.25, 0.3) is 0 Å². The second-order valence-electron chi connectivity index (χ2n) is 10.7. The molecule has 0 heterocycles. The minimum atomic E-state index is -2.23. The van der Waals surface area contributed by atoms with Crippen LogP contribution in [0.2, 0.25) is 0 Å². The normalized spacial score (nSPS) is 12.7. The molecule has 0 radical (unpaired) electrons. The molecular formula is C28H43NO11. The summed E-state index contributed by atoms with van der Waals surface area (Å²) >= 11 is 0. The molecule has 0 aliphatic carbocycles. The molecule has 12 nitrogen and oxygen atoms in total. The summed E-state index contributed by atoms with van der Waals surface area (Å²) in [7, 11) is 0. The fraction of sp³-hybridized carbons (Fsp3) is 0.643. The number of aliphatic carboxylic acids is 1. The number of carboxylic acid groups (broad SMARTS) is 1. The van der Waals surface area contributed by atoms with Crippen LogP contribution < -0.4 is 14.8 Å². The molecule has 226 valence electrons. The lowest BCUT2D eigenvalue weighted by molar-refractivity contribution is -0.167. The molecule has 0 amide bonds. The van der Waals surface area contributed by atoms with E-state index in [2.05, 4.69) is 5.32 Å². The van der Waals surface area contributed by atoms with Crippen molar-refractivity contribution in [2.24, 2.45) is 5.41 Å². The Morgan fingerprint density at radius 1 is 0.850 bits per heavy atom. The van der Waals surface area contributed by atoms with Crippen molar-refractivity contribution in [2.75, 3.05) is 19.8 Å². The van der Waals surface area contributed by atoms with Crippen molar-refractivity contribution in [1.82, 2.24) is 5.32 Å². The van der Waals surface area contributed by atoms with E-state index >= 15 is 0 Å². The number of unbranched alkanes of at least 4 members (excludes halogenated alkanes) is 2. The molecule has 2 N–H and O–H groups in total. The van der Waals surface area contributed by atoms with Gasteiger partial charge in [-0.1, -0.05) is 53.5 Å². The molecule has 1 rings (SSSR count). The van der Waals surface area contributed by atoms with E-state index in [4.69, 9.17) is 28.4 Å². The van der Waals surface area contributed by atoms with Crippen LogP contribution in [0.4, 0.5) is 14.4 Å². The zero-order valence-electron chi connectivity index (χ0n) is 24.5. The van der Waals surface area contributed by atoms with Crippen LogP contribution in [0, 0.1) is 5.41 Å². The number of carbonyl (C=O) groups excluding carboxylic acids is 3. The number of carboxylic acids is 1. The minimum Gasteiger partial charge on any atom is -0.477 e. The van der Waals surface area contributed by atoms with Crippen LogP contribution >= 0.6 is 0 Å². The summed E-state index contributed by atoms with van der Waals surface area (Å²) in [5.74, 6) is -1.85. The number of nitrogens with one attached hydrogen (secondary N) is 1. The summed E-state index contributed by atoms with van der Waals surface area (Å²) < 4.78 is 31.0. The van der Waals surface area contributed by atoms with Gasteiger partial charge in [-0.15, -0.1) is 0 Å². The Hall–Kier alpha value is -3.54. The molecule has 0 unspecified atom stereocenters. The van der Waals surface area contributed by atoms with Crippen molar-refractivity contribution in [3.63, 3.8) is 0 Å². The van der Waals surface area contributed by atoms with Gasteiger partial charge < -0.3 is 33.5 Å². The second-order valence-corrected chi connectivity index (χ2v) is 10.7. The van der Waals surface area contributed by atoms with Gasteiger partial charge in [-0.25, -0.2) is 19.2 Å². The van der Waals surface area contributed by atoms with E-state index in [0.29, 0.717) is 12.8 Å². The Morgan fingerprint density at radius 3 is 1.88 bits per heavy atom. The molecule has 0 aliphatic heterocycles. The first-order valence-electron chi connectivity index (χ1n) is 13.4. The van der Waals surface area contributed by atoms with Gasteiger partial charge in [0.25, 0.3) is 5.72 Å². The highest BCUT2D eigenvalue weighted by Gasteiger charge is 2.44. The molecule has 0 bridgehead atoms. The number of ether oxygens (including phenoxy) is 6. The molecule has 40 heavy (non-hydrogen) atoms. The maximum absolute atomic E-state index is 12.5. The third kappa shape index (κ3) is 13.0. The van der Waals surface area contributed by atoms with Gasteiger partial charge in [-0.05, 0) is 49.8 Å². The van der Waals surface area contributed by atoms with Crippen molar-refractivity contribution in [2.45, 2.75) is 92.3 Å². The van der Waals surface area contributed by atoms with Crippen molar-refractivity contribution in [1.29, 1.82) is 0 Å². The van der Waals surface area contributed by atoms with Crippen molar-refractivity contribution >= 4 is 24.4 Å². The largest absolute Gasteiger partial charge is 0.513 e. The Labute approximate surface area is 235 Å². The zero-order valence-corrected chi connectivity index (χ0v) is 24.5. The number of carbonyl (C=O) groups is 4. The number of hydrogen-bond donors (Lipinski definition) is 2. The Bertz CT molecular complexity index is 987. The third-order valence-electron chi connectivity index (χ3n) is 5.03. The number of hydrogen-bond acceptors (Lipinski definition) is 11. The predicted octanol–water partition coefficient (Wildman–Crippen LogP) is 5.84. The molecule has 0 spiro atoms. The lowest BCUT2D eigenvalue weighted by Crippen LogP contribution is -2.59. The molecule has 12 heteroatoms. The molecule has 0 saturated carbocycles. The monoisotopic (exact) mass is 569 g/mol. The summed E-state index contributed by atoms with van der Waals surface area (Å²) in [6, 6.07) is 3.62. The SMILES string of the molecule is CCCCOC(=O)Oc1ccc(C[C@](NC(C)C)(OC(=O)OCC(C)(C)C)C(=O)O)cc1OC(=O)OCCCC. The fourth-order valence-corrected chi connectivity index (χ4v) is 3.16. The molecule has 0 fully saturated rings. The van der Waals surface area contributed by atoms with Gasteiger partial charge in [0.1, 0.15) is 0 Å². The highest BCUT2D eigenvalue weighted by Crippen LogP contribution is 2.31. The first-order chi connectivity index (χ1) is 18.7. The third-order valence-corrected chi connectivity index (χ3v) is 5.03. The van der Waals surface area contributed by atoms with Gasteiger partial charge in [0.2, 0.25) is 0 Å². The Morgan fingerprint density at radius 2 is 1.40 bits per heavy atom. The van der Waals surface area contributed by atoms with Crippen molar-refractivity contribution < 1.29 is 52.7 Å². The topological polar surface area (TPSA) is 156 Å². The summed E-state index contributed by atoms with van der Waals surface area (Å²) in [5.41, 5.74) is -2.34. The van der Waals surface area contributed by atoms with E-state index < -0.39 is 42.6 Å². The average molecular weight is 570 g/mol. The first kappa shape index (κ1) is 34.5. The standard InChI is InChI=1S/C28H43NO11/c1-8-10-14-35-24(32)38-21-13-12-20(16-22(21)39-25(33)36-15-11-9-2)17-28(23(30)31,29-19(3)4)40-26(34)37-18-27(5,6)7/h12-13,16,19,29H,8-11,14-15,17-18H2,1-7H3,(H,30,31)/t28-/m0/s1. The molecule has 1 atom stereocenters. The Balaban J connectivity index is 3.33. The van der Waals surface area contributed by atoms with E-state index in [1.54, 1.807) is 13.8 Å². The summed E-state index contributed by atoms with van der Waals surface area (Å²) in [4.78, 5) is 49.4. The molecular weight excluding hydrogens is 526 g/mol. The predicted molar refractivity (Wildman–Crippen MR) is 144 cm³/mol. The fourth-order valence-electron chi connectivity index (χ4n) is 3.16. The highest BCUT2D eigenvalue weighted by molar-refractivity contribution is 5.80. The molecule has 0 aromatic heterocycles. The highest BCUT2D eigenvalue weighted by atomic mass is 16.8. The maximum Gasteiger partial charge on any atom is 0.513 e. The summed E-state index contributed by atoms with van der Waals surface area (Å²) in [6.07, 6.45) is -0.755. The quantitative estimate of drug-likeness (QED) is 0.0856. The number of benzene rings is 1. The van der Waals surface area contributed by atoms with Crippen LogP contribution in [0.3, 0.4) is 0 Å². The number of rotatable bonds is 15. The minimum absolute atomic E-state index is 0.00172. The molecule has 0 aliphatic rings. The lowest BCUT2D eigenvalue weighted by Gasteiger charge is -2.32. The van der Waals surface area contributed by atoms with Gasteiger partial charge in [-0.3, -0.25) is 5.32 Å². The van der Waals surface area contributed by atoms with Crippen molar-refractivity contribution in [3.05, 3.63) is 23.8 Å². The van der Waals surface area contributed by atoms with Crippen LogP contribution in [0.1, 0.15) is 79.7 Å². The Kier molecular flexibility index (Phi) is 14.3. The second kappa shape index (κ2) is 16.5. The molecule has 1 aromatic carbocycles. The maximum atomic E-state index is 12.5. The molecule has 1 aromatic rings. The first-order valence-corrected chi connectivity index (χ1v) is 13.4. The van der Waals surface area contributed by atoms with E-state index in [0.717, 1.165) is 12.8 Å². The van der Waals surface area contributed by atoms with Gasteiger partial charge in [0.15, 0.2) is 11.5 Å². The van der Waals surface area contributed by atoms with Gasteiger partial charge in [-0.2, -0.15) is 0 Å². The zero-order chi connectivity index (χ0) is 30.3. The summed E-state index contributed by atoms with van der Waals surface area (Å²) in [5, 5.41) is 12.9. The van der Waals surface area contributed by atoms with E-state index in [1.165, 1.54) is 18.2 Å². The van der Waals surface area contributed by atoms with Crippen LogP contribution in [0.15, 0.2) is 18.2 Å². The van der Waals surface area contributed by atoms with Crippen LogP contribution in [-0.2, 0) is 30.2 Å². The smallest absolute Gasteiger partial charge is 0.477 e. The van der Waals surface area contributed by atoms with Gasteiger partial charge in [0, 0.05) is 12.5 Å². The van der Waals surface area contributed by atoms with E-state index in [9.17, 15) is 24.3 Å². The van der Waals surface area contributed by atoms with Gasteiger partial charge >= 0.3 is 24.4 Å². The van der Waals surface area contributed by atoms with Crippen LogP contribution in [-0.4, -0.2) is 61.1 Å². The molecule has 0 saturated heterocycles. The van der Waals surface area contributed by atoms with Crippen LogP contribution in [0.5, 0.6) is 11.5 Å². The van der Waals surface area contributed by atoms with E-state index in [1.807, 2.05) is 34.6 Å². The van der Waals surface area contributed by atoms with Crippen molar-refractivity contribution in [3.8, 4) is 11.5 Å². The summed E-state index contributed by atoms with van der Waals surface area (Å²) in [6.45, 7) is 13.0. The van der Waals surface area contributed by atoms with Gasteiger partial charge in [0.05, 0.1) is 19.8 Å².